The molecule has 28 heavy (non-hydrogen) atoms. The lowest BCUT2D eigenvalue weighted by atomic mass is 10.0. The lowest BCUT2D eigenvalue weighted by Gasteiger charge is -2.38. The van der Waals surface area contributed by atoms with Gasteiger partial charge in [0.25, 0.3) is 0 Å². The van der Waals surface area contributed by atoms with Crippen LogP contribution in [0.1, 0.15) is 5.56 Å². The maximum absolute atomic E-state index is 12.6. The summed E-state index contributed by atoms with van der Waals surface area (Å²) in [5.41, 5.74) is 0.907. The van der Waals surface area contributed by atoms with Crippen LogP contribution in [0.25, 0.3) is 10.8 Å². The van der Waals surface area contributed by atoms with E-state index in [0.717, 1.165) is 35.2 Å². The highest BCUT2D eigenvalue weighted by Crippen LogP contribution is 2.31. The van der Waals surface area contributed by atoms with Crippen LogP contribution in [0, 0.1) is 0 Å². The monoisotopic (exact) mass is 385 g/mol. The van der Waals surface area contributed by atoms with E-state index in [1.165, 1.54) is 0 Å². The average Bonchev–Trinajstić information content (AvgIpc) is 2.76. The van der Waals surface area contributed by atoms with Crippen molar-refractivity contribution in [3.05, 3.63) is 35.9 Å². The highest BCUT2D eigenvalue weighted by molar-refractivity contribution is 5.89. The molecular weight excluding hydrogens is 358 g/mol. The molecule has 0 atom stereocenters. The van der Waals surface area contributed by atoms with Gasteiger partial charge in [-0.3, -0.25) is 4.90 Å². The van der Waals surface area contributed by atoms with Crippen molar-refractivity contribution in [3.8, 4) is 11.5 Å². The maximum atomic E-state index is 12.6. The molecule has 150 valence electrons. The van der Waals surface area contributed by atoms with Gasteiger partial charge < -0.3 is 24.4 Å². The highest BCUT2D eigenvalue weighted by atomic mass is 16.5. The number of hydrogen-bond acceptors (Lipinski definition) is 5. The van der Waals surface area contributed by atoms with Gasteiger partial charge >= 0.3 is 6.03 Å². The summed E-state index contributed by atoms with van der Waals surface area (Å²) in [6.45, 7) is 6.21. The Morgan fingerprint density at radius 1 is 1.04 bits per heavy atom. The van der Waals surface area contributed by atoms with Crippen LogP contribution in [0.3, 0.4) is 0 Å². The lowest BCUT2D eigenvalue weighted by molar-refractivity contribution is 0.0373. The van der Waals surface area contributed by atoms with Crippen LogP contribution < -0.4 is 4.74 Å². The van der Waals surface area contributed by atoms with E-state index in [0.29, 0.717) is 51.7 Å². The summed E-state index contributed by atoms with van der Waals surface area (Å²) >= 11 is 0. The van der Waals surface area contributed by atoms with Crippen LogP contribution in [0.5, 0.6) is 11.5 Å². The number of fused-ring (bicyclic) bond motifs is 1. The summed E-state index contributed by atoms with van der Waals surface area (Å²) in [6.07, 6.45) is 0. The van der Waals surface area contributed by atoms with Crippen LogP contribution in [-0.2, 0) is 11.3 Å². The molecule has 2 aromatic rings. The number of rotatable bonds is 3. The summed E-state index contributed by atoms with van der Waals surface area (Å²) in [5.74, 6) is 1.08. The molecule has 7 heteroatoms. The standard InChI is InChI=1S/C21H27N3O4/c1-27-17-4-2-16-3-5-20(25)19(18(16)14-17)15-22-6-8-23(9-7-22)21(26)24-10-12-28-13-11-24/h2-5,14,25H,6-13,15H2,1H3. The number of piperazine rings is 1. The number of nitrogens with zero attached hydrogens (tertiary/aromatic N) is 3. The van der Waals surface area contributed by atoms with Crippen molar-refractivity contribution >= 4 is 16.8 Å². The first-order valence-electron chi connectivity index (χ1n) is 9.78. The van der Waals surface area contributed by atoms with Crippen molar-refractivity contribution in [1.29, 1.82) is 0 Å². The van der Waals surface area contributed by atoms with E-state index < -0.39 is 0 Å². The van der Waals surface area contributed by atoms with Crippen LogP contribution in [0.4, 0.5) is 4.79 Å². The number of amides is 2. The summed E-state index contributed by atoms with van der Waals surface area (Å²) in [6, 6.07) is 9.70. The molecule has 2 fully saturated rings. The molecular formula is C21H27N3O4. The molecule has 2 aliphatic rings. The Kier molecular flexibility index (Phi) is 5.54. The third-order valence-corrected chi connectivity index (χ3v) is 5.62. The molecule has 2 aromatic carbocycles. The quantitative estimate of drug-likeness (QED) is 0.877. The Labute approximate surface area is 165 Å². The number of hydrogen-bond donors (Lipinski definition) is 1. The number of urea groups is 1. The molecule has 2 amide bonds. The minimum absolute atomic E-state index is 0.112. The maximum Gasteiger partial charge on any atom is 0.320 e. The van der Waals surface area contributed by atoms with E-state index in [9.17, 15) is 9.90 Å². The van der Waals surface area contributed by atoms with Gasteiger partial charge in [-0.25, -0.2) is 4.79 Å². The van der Waals surface area contributed by atoms with Gasteiger partial charge in [0.05, 0.1) is 20.3 Å². The van der Waals surface area contributed by atoms with Gasteiger partial charge in [0.15, 0.2) is 0 Å². The molecule has 2 saturated heterocycles. The predicted octanol–water partition coefficient (Wildman–Crippen LogP) is 2.12. The molecule has 2 heterocycles. The number of carbonyl (C=O) groups is 1. The van der Waals surface area contributed by atoms with E-state index in [1.807, 2.05) is 34.1 Å². The van der Waals surface area contributed by atoms with E-state index >= 15 is 0 Å². The molecule has 2 aliphatic heterocycles. The Morgan fingerprint density at radius 2 is 1.71 bits per heavy atom. The minimum atomic E-state index is 0.112. The second kappa shape index (κ2) is 8.24. The van der Waals surface area contributed by atoms with Crippen LogP contribution in [0.15, 0.2) is 30.3 Å². The number of morpholine rings is 1. The number of phenols is 1. The molecule has 0 aromatic heterocycles. The van der Waals surface area contributed by atoms with Crippen molar-refractivity contribution in [1.82, 2.24) is 14.7 Å². The smallest absolute Gasteiger partial charge is 0.320 e. The van der Waals surface area contributed by atoms with Crippen molar-refractivity contribution < 1.29 is 19.4 Å². The van der Waals surface area contributed by atoms with Gasteiger partial charge in [-0.1, -0.05) is 12.1 Å². The fourth-order valence-electron chi connectivity index (χ4n) is 3.92. The molecule has 0 radical (unpaired) electrons. The van der Waals surface area contributed by atoms with Gasteiger partial charge in [0.2, 0.25) is 0 Å². The van der Waals surface area contributed by atoms with Gasteiger partial charge in [-0.15, -0.1) is 0 Å². The molecule has 4 rings (SSSR count). The van der Waals surface area contributed by atoms with Gasteiger partial charge in [0, 0.05) is 51.4 Å². The first-order chi connectivity index (χ1) is 13.7. The second-order valence-corrected chi connectivity index (χ2v) is 7.30. The number of aromatic hydroxyl groups is 1. The number of benzene rings is 2. The molecule has 0 saturated carbocycles. The highest BCUT2D eigenvalue weighted by Gasteiger charge is 2.26. The van der Waals surface area contributed by atoms with Crippen LogP contribution in [-0.4, -0.2) is 85.4 Å². The van der Waals surface area contributed by atoms with Gasteiger partial charge in [-0.2, -0.15) is 0 Å². The topological polar surface area (TPSA) is 65.5 Å². The fourth-order valence-corrected chi connectivity index (χ4v) is 3.92. The molecule has 1 N–H and O–H groups in total. The predicted molar refractivity (Wildman–Crippen MR) is 107 cm³/mol. The zero-order valence-corrected chi connectivity index (χ0v) is 16.3. The molecule has 0 unspecified atom stereocenters. The Balaban J connectivity index is 1.43. The van der Waals surface area contributed by atoms with Crippen LogP contribution in [0.2, 0.25) is 0 Å². The third kappa shape index (κ3) is 3.86. The van der Waals surface area contributed by atoms with Gasteiger partial charge in [0.1, 0.15) is 11.5 Å². The summed E-state index contributed by atoms with van der Waals surface area (Å²) in [7, 11) is 1.65. The summed E-state index contributed by atoms with van der Waals surface area (Å²) in [4.78, 5) is 18.7. The Bertz CT molecular complexity index is 843. The Morgan fingerprint density at radius 3 is 2.43 bits per heavy atom. The number of ether oxygens (including phenoxy) is 2. The molecule has 0 spiro atoms. The van der Waals surface area contributed by atoms with Crippen molar-refractivity contribution in [2.75, 3.05) is 59.6 Å². The lowest BCUT2D eigenvalue weighted by Crippen LogP contribution is -2.54. The zero-order valence-electron chi connectivity index (χ0n) is 16.3. The third-order valence-electron chi connectivity index (χ3n) is 5.62. The summed E-state index contributed by atoms with van der Waals surface area (Å²) < 4.78 is 10.7. The fraction of sp³-hybridized carbons (Fsp3) is 0.476. The molecule has 0 aliphatic carbocycles. The SMILES string of the molecule is COc1ccc2ccc(O)c(CN3CCN(C(=O)N4CCOCC4)CC3)c2c1. The number of methoxy groups -OCH3 is 1. The first kappa shape index (κ1) is 18.8. The second-order valence-electron chi connectivity index (χ2n) is 7.30. The van der Waals surface area contributed by atoms with Crippen molar-refractivity contribution in [3.63, 3.8) is 0 Å². The van der Waals surface area contributed by atoms with E-state index in [4.69, 9.17) is 9.47 Å². The van der Waals surface area contributed by atoms with E-state index in [-0.39, 0.29) is 6.03 Å². The van der Waals surface area contributed by atoms with E-state index in [1.54, 1.807) is 13.2 Å². The minimum Gasteiger partial charge on any atom is -0.508 e. The first-order valence-corrected chi connectivity index (χ1v) is 9.78. The van der Waals surface area contributed by atoms with Crippen molar-refractivity contribution in [2.24, 2.45) is 0 Å². The van der Waals surface area contributed by atoms with E-state index in [2.05, 4.69) is 4.90 Å². The normalized spacial score (nSPS) is 18.5. The number of phenolic OH excluding ortho intramolecular Hbond substituents is 1. The van der Waals surface area contributed by atoms with Gasteiger partial charge in [-0.05, 0) is 29.0 Å². The Hall–Kier alpha value is -2.51. The molecule has 0 bridgehead atoms. The largest absolute Gasteiger partial charge is 0.508 e. The molecule has 7 nitrogen and oxygen atoms in total. The summed E-state index contributed by atoms with van der Waals surface area (Å²) in [5, 5.41) is 12.5. The zero-order chi connectivity index (χ0) is 19.5. The average molecular weight is 385 g/mol. The number of carbonyl (C=O) groups excluding carboxylic acids is 1. The van der Waals surface area contributed by atoms with Crippen molar-refractivity contribution in [2.45, 2.75) is 6.54 Å². The van der Waals surface area contributed by atoms with Crippen LogP contribution >= 0.6 is 0 Å².